The molecule has 0 aromatic carbocycles. The summed E-state index contributed by atoms with van der Waals surface area (Å²) in [6, 6.07) is 4.19. The first kappa shape index (κ1) is 19.8. The van der Waals surface area contributed by atoms with Gasteiger partial charge >= 0.3 is 0 Å². The highest BCUT2D eigenvalue weighted by atomic mass is 32.1. The lowest BCUT2D eigenvalue weighted by Crippen LogP contribution is -2.40. The molecule has 9 heteroatoms. The monoisotopic (exact) mass is 391 g/mol. The first-order valence-corrected chi connectivity index (χ1v) is 10.3. The molecule has 0 radical (unpaired) electrons. The van der Waals surface area contributed by atoms with Crippen LogP contribution in [0.2, 0.25) is 0 Å². The number of thiophene rings is 1. The zero-order valence-electron chi connectivity index (χ0n) is 16.1. The fraction of sp³-hybridized carbons (Fsp3) is 0.611. The Morgan fingerprint density at radius 1 is 1.30 bits per heavy atom. The van der Waals surface area contributed by atoms with Crippen LogP contribution in [0.15, 0.2) is 22.5 Å². The van der Waals surface area contributed by atoms with Crippen LogP contribution >= 0.6 is 11.3 Å². The van der Waals surface area contributed by atoms with Gasteiger partial charge in [-0.3, -0.25) is 4.90 Å². The number of guanidine groups is 1. The van der Waals surface area contributed by atoms with Crippen LogP contribution in [0.25, 0.3) is 0 Å². The quantitative estimate of drug-likeness (QED) is 0.399. The van der Waals surface area contributed by atoms with Crippen LogP contribution < -0.4 is 10.6 Å². The number of ether oxygens (including phenoxy) is 1. The molecule has 3 heterocycles. The van der Waals surface area contributed by atoms with Crippen molar-refractivity contribution in [2.24, 2.45) is 12.0 Å². The van der Waals surface area contributed by atoms with Crippen LogP contribution in [0.5, 0.6) is 0 Å². The predicted octanol–water partition coefficient (Wildman–Crippen LogP) is 1.14. The fourth-order valence-electron chi connectivity index (χ4n) is 2.83. The van der Waals surface area contributed by atoms with Crippen LogP contribution in [-0.2, 0) is 24.9 Å². The summed E-state index contributed by atoms with van der Waals surface area (Å²) >= 11 is 1.74. The molecule has 0 amide bonds. The molecule has 2 aromatic heterocycles. The molecule has 0 aliphatic carbocycles. The third-order valence-electron chi connectivity index (χ3n) is 4.62. The summed E-state index contributed by atoms with van der Waals surface area (Å²) in [4.78, 5) is 8.43. The van der Waals surface area contributed by atoms with Crippen molar-refractivity contribution >= 4 is 17.3 Å². The standard InChI is InChI=1S/C18H29N7OS/c1-15-22-23-17(24(15)2)14-21-18(20-13-16-5-3-12-27-16)19-6-4-7-25-8-10-26-11-9-25/h3,5,12H,4,6-11,13-14H2,1-2H3,(H2,19,20,21). The van der Waals surface area contributed by atoms with E-state index in [1.165, 1.54) is 4.88 Å². The second kappa shape index (κ2) is 10.4. The fourth-order valence-corrected chi connectivity index (χ4v) is 3.48. The number of aryl methyl sites for hydroxylation is 1. The van der Waals surface area contributed by atoms with Crippen molar-refractivity contribution < 1.29 is 4.74 Å². The molecule has 0 atom stereocenters. The number of nitrogens with zero attached hydrogens (tertiary/aromatic N) is 5. The summed E-state index contributed by atoms with van der Waals surface area (Å²) in [7, 11) is 1.97. The second-order valence-corrected chi connectivity index (χ2v) is 7.59. The predicted molar refractivity (Wildman–Crippen MR) is 108 cm³/mol. The van der Waals surface area contributed by atoms with Crippen LogP contribution in [0.4, 0.5) is 0 Å². The molecule has 1 aliphatic heterocycles. The molecule has 1 aliphatic rings. The van der Waals surface area contributed by atoms with Gasteiger partial charge in [-0.1, -0.05) is 6.07 Å². The maximum atomic E-state index is 5.40. The van der Waals surface area contributed by atoms with Gasteiger partial charge in [0.1, 0.15) is 12.4 Å². The average molecular weight is 392 g/mol. The van der Waals surface area contributed by atoms with Gasteiger partial charge in [0.25, 0.3) is 0 Å². The Kier molecular flexibility index (Phi) is 7.61. The molecular weight excluding hydrogens is 362 g/mol. The Morgan fingerprint density at radius 2 is 2.15 bits per heavy atom. The molecule has 0 bridgehead atoms. The van der Waals surface area contributed by atoms with Crippen molar-refractivity contribution in [2.75, 3.05) is 39.4 Å². The lowest BCUT2D eigenvalue weighted by Gasteiger charge is -2.26. The van der Waals surface area contributed by atoms with Gasteiger partial charge in [0, 0.05) is 31.6 Å². The summed E-state index contributed by atoms with van der Waals surface area (Å²) in [6.45, 7) is 8.93. The Bertz CT molecular complexity index is 707. The maximum absolute atomic E-state index is 5.40. The molecule has 2 aromatic rings. The third-order valence-corrected chi connectivity index (χ3v) is 5.50. The lowest BCUT2D eigenvalue weighted by atomic mass is 10.3. The molecule has 1 saturated heterocycles. The Hall–Kier alpha value is -1.97. The normalized spacial score (nSPS) is 15.9. The number of aromatic nitrogens is 3. The number of hydrogen-bond acceptors (Lipinski definition) is 6. The Labute approximate surface area is 164 Å². The number of morpholine rings is 1. The van der Waals surface area contributed by atoms with Crippen molar-refractivity contribution in [2.45, 2.75) is 26.4 Å². The van der Waals surface area contributed by atoms with Crippen LogP contribution in [0, 0.1) is 6.92 Å². The molecule has 148 valence electrons. The third kappa shape index (κ3) is 6.30. The lowest BCUT2D eigenvalue weighted by molar-refractivity contribution is 0.0376. The summed E-state index contributed by atoms with van der Waals surface area (Å²) in [5.41, 5.74) is 0. The molecule has 8 nitrogen and oxygen atoms in total. The van der Waals surface area contributed by atoms with E-state index in [1.54, 1.807) is 11.3 Å². The summed E-state index contributed by atoms with van der Waals surface area (Å²) in [6.07, 6.45) is 1.07. The summed E-state index contributed by atoms with van der Waals surface area (Å²) in [5, 5.41) is 17.2. The largest absolute Gasteiger partial charge is 0.379 e. The van der Waals surface area contributed by atoms with Gasteiger partial charge in [-0.05, 0) is 31.3 Å². The summed E-state index contributed by atoms with van der Waals surface area (Å²) in [5.74, 6) is 2.57. The number of aliphatic imine (C=N–C) groups is 1. The minimum Gasteiger partial charge on any atom is -0.379 e. The van der Waals surface area contributed by atoms with Crippen molar-refractivity contribution in [1.29, 1.82) is 0 Å². The minimum atomic E-state index is 0.501. The SMILES string of the molecule is Cc1nnc(CN=C(NCCCN2CCOCC2)NCc2cccs2)n1C. The topological polar surface area (TPSA) is 79.6 Å². The molecule has 0 saturated carbocycles. The zero-order chi connectivity index (χ0) is 18.9. The molecular formula is C18H29N7OS. The van der Waals surface area contributed by atoms with E-state index in [0.29, 0.717) is 6.54 Å². The van der Waals surface area contributed by atoms with Gasteiger partial charge in [0.05, 0.1) is 19.8 Å². The van der Waals surface area contributed by atoms with E-state index in [1.807, 2.05) is 18.5 Å². The number of nitrogens with one attached hydrogen (secondary N) is 2. The Morgan fingerprint density at radius 3 is 2.85 bits per heavy atom. The highest BCUT2D eigenvalue weighted by molar-refractivity contribution is 7.09. The summed E-state index contributed by atoms with van der Waals surface area (Å²) < 4.78 is 7.37. The van der Waals surface area contributed by atoms with E-state index in [2.05, 4.69) is 43.2 Å². The van der Waals surface area contributed by atoms with Crippen molar-refractivity contribution in [1.82, 2.24) is 30.3 Å². The van der Waals surface area contributed by atoms with Crippen molar-refractivity contribution in [3.05, 3.63) is 34.0 Å². The van der Waals surface area contributed by atoms with Crippen LogP contribution in [-0.4, -0.2) is 65.0 Å². The maximum Gasteiger partial charge on any atom is 0.192 e. The smallest absolute Gasteiger partial charge is 0.192 e. The zero-order valence-corrected chi connectivity index (χ0v) is 17.0. The first-order valence-electron chi connectivity index (χ1n) is 9.42. The minimum absolute atomic E-state index is 0.501. The van der Waals surface area contributed by atoms with E-state index >= 15 is 0 Å². The highest BCUT2D eigenvalue weighted by Crippen LogP contribution is 2.07. The van der Waals surface area contributed by atoms with E-state index in [-0.39, 0.29) is 0 Å². The molecule has 1 fully saturated rings. The van der Waals surface area contributed by atoms with Crippen LogP contribution in [0.3, 0.4) is 0 Å². The average Bonchev–Trinajstić information content (AvgIpc) is 3.32. The molecule has 3 rings (SSSR count). The second-order valence-electron chi connectivity index (χ2n) is 6.55. The highest BCUT2D eigenvalue weighted by Gasteiger charge is 2.10. The first-order chi connectivity index (χ1) is 13.2. The van der Waals surface area contributed by atoms with Gasteiger partial charge < -0.3 is 19.9 Å². The molecule has 0 spiro atoms. The van der Waals surface area contributed by atoms with Crippen LogP contribution in [0.1, 0.15) is 22.9 Å². The van der Waals surface area contributed by atoms with Gasteiger partial charge in [0.15, 0.2) is 11.8 Å². The van der Waals surface area contributed by atoms with Gasteiger partial charge in [-0.2, -0.15) is 0 Å². The van der Waals surface area contributed by atoms with E-state index < -0.39 is 0 Å². The van der Waals surface area contributed by atoms with E-state index in [0.717, 1.165) is 70.0 Å². The van der Waals surface area contributed by atoms with Gasteiger partial charge in [0.2, 0.25) is 0 Å². The van der Waals surface area contributed by atoms with Gasteiger partial charge in [-0.15, -0.1) is 21.5 Å². The molecule has 0 unspecified atom stereocenters. The number of hydrogen-bond donors (Lipinski definition) is 2. The Balaban J connectivity index is 1.50. The van der Waals surface area contributed by atoms with E-state index in [9.17, 15) is 0 Å². The number of rotatable bonds is 8. The van der Waals surface area contributed by atoms with E-state index in [4.69, 9.17) is 9.73 Å². The van der Waals surface area contributed by atoms with Crippen molar-refractivity contribution in [3.8, 4) is 0 Å². The van der Waals surface area contributed by atoms with Gasteiger partial charge in [-0.25, -0.2) is 4.99 Å². The van der Waals surface area contributed by atoms with Crippen molar-refractivity contribution in [3.63, 3.8) is 0 Å². The molecule has 27 heavy (non-hydrogen) atoms. The molecule has 2 N–H and O–H groups in total.